The molecule has 3 aromatic rings. The summed E-state index contributed by atoms with van der Waals surface area (Å²) in [4.78, 5) is 26.7. The summed E-state index contributed by atoms with van der Waals surface area (Å²) in [6.07, 6.45) is 0. The van der Waals surface area contributed by atoms with Crippen molar-refractivity contribution in [2.75, 3.05) is 25.5 Å². The second-order valence-corrected chi connectivity index (χ2v) is 7.26. The van der Waals surface area contributed by atoms with Gasteiger partial charge in [0.15, 0.2) is 0 Å². The number of carbonyl (C=O) groups excluding carboxylic acids is 2. The van der Waals surface area contributed by atoms with Gasteiger partial charge in [0.25, 0.3) is 11.8 Å². The van der Waals surface area contributed by atoms with E-state index in [1.165, 1.54) is 11.3 Å². The highest BCUT2D eigenvalue weighted by atomic mass is 35.5. The summed E-state index contributed by atoms with van der Waals surface area (Å²) in [7, 11) is 1.70. The number of anilines is 1. The molecule has 0 radical (unpaired) electrons. The van der Waals surface area contributed by atoms with Gasteiger partial charge in [-0.2, -0.15) is 11.3 Å². The summed E-state index contributed by atoms with van der Waals surface area (Å²) in [5, 5.41) is 7.05. The summed E-state index contributed by atoms with van der Waals surface area (Å²) >= 11 is 7.30. The molecule has 7 heteroatoms. The number of thiophene rings is 1. The normalized spacial score (nSPS) is 10.4. The Morgan fingerprint density at radius 1 is 1.11 bits per heavy atom. The van der Waals surface area contributed by atoms with Crippen molar-refractivity contribution in [3.63, 3.8) is 0 Å². The van der Waals surface area contributed by atoms with E-state index < -0.39 is 0 Å². The van der Waals surface area contributed by atoms with E-state index in [0.29, 0.717) is 40.7 Å². The molecule has 0 aliphatic rings. The van der Waals surface area contributed by atoms with Crippen molar-refractivity contribution >= 4 is 40.4 Å². The third-order valence-electron chi connectivity index (χ3n) is 4.04. The third-order valence-corrected chi connectivity index (χ3v) is 4.98. The smallest absolute Gasteiger partial charge is 0.256 e. The number of halogens is 1. The lowest BCUT2D eigenvalue weighted by atomic mass is 10.1. The maximum atomic E-state index is 12.8. The van der Waals surface area contributed by atoms with E-state index >= 15 is 0 Å². The van der Waals surface area contributed by atoms with Gasteiger partial charge in [0.05, 0.1) is 23.4 Å². The molecule has 0 aliphatic carbocycles. The van der Waals surface area contributed by atoms with Crippen LogP contribution in [0.3, 0.4) is 0 Å². The Balaban J connectivity index is 1.61. The molecule has 0 aliphatic heterocycles. The van der Waals surface area contributed by atoms with Crippen LogP contribution in [-0.4, -0.2) is 36.9 Å². The molecule has 0 unspecified atom stereocenters. The van der Waals surface area contributed by atoms with E-state index in [-0.39, 0.29) is 11.8 Å². The summed E-state index contributed by atoms with van der Waals surface area (Å²) < 4.78 is 5.64. The summed E-state index contributed by atoms with van der Waals surface area (Å²) in [6, 6.07) is 15.8. The van der Waals surface area contributed by atoms with Crippen LogP contribution in [0.1, 0.15) is 20.7 Å². The number of ether oxygens (including phenoxy) is 1. The fraction of sp³-hybridized carbons (Fsp3) is 0.143. The molecule has 0 saturated heterocycles. The average molecular weight is 415 g/mol. The molecule has 3 rings (SSSR count). The fourth-order valence-electron chi connectivity index (χ4n) is 2.51. The summed E-state index contributed by atoms with van der Waals surface area (Å²) in [5.41, 5.74) is 1.48. The van der Waals surface area contributed by atoms with Crippen LogP contribution >= 0.6 is 22.9 Å². The predicted molar refractivity (Wildman–Crippen MR) is 113 cm³/mol. The van der Waals surface area contributed by atoms with E-state index in [0.717, 1.165) is 0 Å². The zero-order valence-electron chi connectivity index (χ0n) is 15.2. The van der Waals surface area contributed by atoms with Crippen LogP contribution < -0.4 is 10.1 Å². The molecule has 144 valence electrons. The molecule has 5 nitrogen and oxygen atoms in total. The van der Waals surface area contributed by atoms with E-state index in [2.05, 4.69) is 5.32 Å². The number of nitrogens with zero attached hydrogens (tertiary/aromatic N) is 1. The number of hydrogen-bond donors (Lipinski definition) is 1. The minimum Gasteiger partial charge on any atom is -0.492 e. The Morgan fingerprint density at radius 3 is 2.57 bits per heavy atom. The Bertz CT molecular complexity index is 943. The van der Waals surface area contributed by atoms with Crippen molar-refractivity contribution in [1.29, 1.82) is 0 Å². The van der Waals surface area contributed by atoms with Crippen LogP contribution in [0.4, 0.5) is 5.69 Å². The third kappa shape index (κ3) is 5.12. The Hall–Kier alpha value is -2.83. The molecule has 1 N–H and O–H groups in total. The highest BCUT2D eigenvalue weighted by Gasteiger charge is 2.17. The second-order valence-electron chi connectivity index (χ2n) is 6.04. The zero-order valence-corrected chi connectivity index (χ0v) is 16.8. The predicted octanol–water partition coefficient (Wildman–Crippen LogP) is 4.80. The van der Waals surface area contributed by atoms with Gasteiger partial charge in [-0.25, -0.2) is 0 Å². The number of para-hydroxylation sites is 1. The van der Waals surface area contributed by atoms with E-state index in [1.807, 2.05) is 5.38 Å². The molecule has 2 amide bonds. The van der Waals surface area contributed by atoms with Gasteiger partial charge in [-0.05, 0) is 47.8 Å². The van der Waals surface area contributed by atoms with Gasteiger partial charge in [0.2, 0.25) is 0 Å². The number of rotatable bonds is 7. The Morgan fingerprint density at radius 2 is 1.86 bits per heavy atom. The molecular weight excluding hydrogens is 396 g/mol. The highest BCUT2D eigenvalue weighted by molar-refractivity contribution is 7.08. The van der Waals surface area contributed by atoms with Crippen LogP contribution in [0, 0.1) is 0 Å². The topological polar surface area (TPSA) is 58.6 Å². The maximum Gasteiger partial charge on any atom is 0.256 e. The molecule has 0 bridgehead atoms. The van der Waals surface area contributed by atoms with Gasteiger partial charge in [-0.15, -0.1) is 0 Å². The van der Waals surface area contributed by atoms with E-state index in [9.17, 15) is 9.59 Å². The van der Waals surface area contributed by atoms with Gasteiger partial charge in [0.1, 0.15) is 12.4 Å². The monoisotopic (exact) mass is 414 g/mol. The SMILES string of the molecule is CN(CCOc1ccc(Cl)cc1)C(=O)c1ccccc1NC(=O)c1ccsc1. The number of amides is 2. The quantitative estimate of drug-likeness (QED) is 0.603. The average Bonchev–Trinajstić information content (AvgIpc) is 3.24. The van der Waals surface area contributed by atoms with Gasteiger partial charge < -0.3 is 15.0 Å². The molecule has 0 saturated carbocycles. The first kappa shape index (κ1) is 19.9. The molecule has 0 atom stereocenters. The van der Waals surface area contributed by atoms with Crippen molar-refractivity contribution in [2.24, 2.45) is 0 Å². The number of nitrogens with one attached hydrogen (secondary N) is 1. The molecular formula is C21H19ClN2O3S. The molecule has 1 aromatic heterocycles. The molecule has 1 heterocycles. The van der Waals surface area contributed by atoms with Gasteiger partial charge in [-0.3, -0.25) is 9.59 Å². The van der Waals surface area contributed by atoms with Crippen LogP contribution in [-0.2, 0) is 0 Å². The Labute approximate surface area is 172 Å². The lowest BCUT2D eigenvalue weighted by molar-refractivity contribution is 0.0775. The molecule has 2 aromatic carbocycles. The number of hydrogen-bond acceptors (Lipinski definition) is 4. The van der Waals surface area contributed by atoms with Crippen molar-refractivity contribution in [3.05, 3.63) is 81.5 Å². The number of benzene rings is 2. The minimum absolute atomic E-state index is 0.194. The first-order valence-corrected chi connectivity index (χ1v) is 9.93. The first-order valence-electron chi connectivity index (χ1n) is 8.61. The highest BCUT2D eigenvalue weighted by Crippen LogP contribution is 2.19. The number of likely N-dealkylation sites (N-methyl/N-ethyl adjacent to an activating group) is 1. The summed E-state index contributed by atoms with van der Waals surface area (Å²) in [6.45, 7) is 0.738. The maximum absolute atomic E-state index is 12.8. The van der Waals surface area contributed by atoms with Gasteiger partial charge in [0, 0.05) is 17.5 Å². The molecule has 0 spiro atoms. The molecule has 28 heavy (non-hydrogen) atoms. The number of carbonyl (C=O) groups is 2. The molecule has 0 fully saturated rings. The van der Waals surface area contributed by atoms with Crippen LogP contribution in [0.15, 0.2) is 65.4 Å². The lowest BCUT2D eigenvalue weighted by Crippen LogP contribution is -2.31. The van der Waals surface area contributed by atoms with E-state index in [1.54, 1.807) is 71.9 Å². The second kappa shape index (κ2) is 9.39. The van der Waals surface area contributed by atoms with Crippen molar-refractivity contribution in [2.45, 2.75) is 0 Å². The lowest BCUT2D eigenvalue weighted by Gasteiger charge is -2.19. The van der Waals surface area contributed by atoms with Crippen LogP contribution in [0.2, 0.25) is 5.02 Å². The van der Waals surface area contributed by atoms with Crippen LogP contribution in [0.5, 0.6) is 5.75 Å². The fourth-order valence-corrected chi connectivity index (χ4v) is 3.27. The van der Waals surface area contributed by atoms with Crippen LogP contribution in [0.25, 0.3) is 0 Å². The van der Waals surface area contributed by atoms with Crippen molar-refractivity contribution in [1.82, 2.24) is 4.90 Å². The Kier molecular flexibility index (Phi) is 6.68. The first-order chi connectivity index (χ1) is 13.5. The van der Waals surface area contributed by atoms with Crippen molar-refractivity contribution in [3.8, 4) is 5.75 Å². The van der Waals surface area contributed by atoms with Crippen molar-refractivity contribution < 1.29 is 14.3 Å². The zero-order chi connectivity index (χ0) is 19.9. The standard InChI is InChI=1S/C21H19ClN2O3S/c1-24(11-12-27-17-8-6-16(22)7-9-17)21(26)18-4-2-3-5-19(18)23-20(25)15-10-13-28-14-15/h2-10,13-14H,11-12H2,1H3,(H,23,25). The largest absolute Gasteiger partial charge is 0.492 e. The minimum atomic E-state index is -0.241. The van der Waals surface area contributed by atoms with Gasteiger partial charge in [-0.1, -0.05) is 23.7 Å². The van der Waals surface area contributed by atoms with E-state index in [4.69, 9.17) is 16.3 Å². The van der Waals surface area contributed by atoms with Gasteiger partial charge >= 0.3 is 0 Å². The summed E-state index contributed by atoms with van der Waals surface area (Å²) in [5.74, 6) is 0.254.